The number of nitrogens with one attached hydrogen (secondary N) is 1. The van der Waals surface area contributed by atoms with Crippen LogP contribution in [0.2, 0.25) is 5.02 Å². The normalized spacial score (nSPS) is 10.7. The molecule has 0 atom stereocenters. The third kappa shape index (κ3) is 6.36. The second-order valence-electron chi connectivity index (χ2n) is 6.47. The summed E-state index contributed by atoms with van der Waals surface area (Å²) in [5.74, 6) is 1.04. The van der Waals surface area contributed by atoms with E-state index in [9.17, 15) is 4.79 Å². The summed E-state index contributed by atoms with van der Waals surface area (Å²) >= 11 is 6.19. The second kappa shape index (κ2) is 11.0. The van der Waals surface area contributed by atoms with Crippen LogP contribution in [0.25, 0.3) is 0 Å². The van der Waals surface area contributed by atoms with Crippen molar-refractivity contribution in [2.75, 3.05) is 6.61 Å². The van der Waals surface area contributed by atoms with Crippen LogP contribution in [0.4, 0.5) is 0 Å². The van der Waals surface area contributed by atoms with Gasteiger partial charge in [-0.25, -0.2) is 5.43 Å². The van der Waals surface area contributed by atoms with E-state index in [0.717, 1.165) is 16.7 Å². The largest absolute Gasteiger partial charge is 0.490 e. The molecule has 3 rings (SSSR count). The Labute approximate surface area is 181 Å². The first-order valence-corrected chi connectivity index (χ1v) is 10.0. The van der Waals surface area contributed by atoms with Crippen molar-refractivity contribution in [3.8, 4) is 11.5 Å². The van der Waals surface area contributed by atoms with E-state index in [1.54, 1.807) is 6.21 Å². The number of nitrogens with zero attached hydrogens (tertiary/aromatic N) is 1. The average molecular weight is 423 g/mol. The maximum absolute atomic E-state index is 12.0. The number of ether oxygens (including phenoxy) is 2. The number of halogens is 1. The molecular formula is C24H23ClN2O3. The molecule has 0 aliphatic carbocycles. The smallest absolute Gasteiger partial charge is 0.244 e. The van der Waals surface area contributed by atoms with Gasteiger partial charge in [-0.05, 0) is 42.3 Å². The maximum Gasteiger partial charge on any atom is 0.244 e. The Morgan fingerprint density at radius 2 is 1.77 bits per heavy atom. The molecule has 0 unspecified atom stereocenters. The zero-order valence-electron chi connectivity index (χ0n) is 16.7. The first-order valence-electron chi connectivity index (χ1n) is 9.64. The summed E-state index contributed by atoms with van der Waals surface area (Å²) in [6.45, 7) is 2.74. The Morgan fingerprint density at radius 3 is 2.53 bits per heavy atom. The van der Waals surface area contributed by atoms with Gasteiger partial charge in [0.15, 0.2) is 11.5 Å². The van der Waals surface area contributed by atoms with Crippen molar-refractivity contribution in [3.63, 3.8) is 0 Å². The molecule has 0 aliphatic rings. The van der Waals surface area contributed by atoms with Crippen LogP contribution < -0.4 is 14.9 Å². The van der Waals surface area contributed by atoms with Crippen molar-refractivity contribution in [3.05, 3.63) is 94.5 Å². The van der Waals surface area contributed by atoms with Crippen LogP contribution in [-0.4, -0.2) is 18.7 Å². The van der Waals surface area contributed by atoms with Crippen molar-refractivity contribution in [2.24, 2.45) is 5.10 Å². The molecule has 0 fully saturated rings. The summed E-state index contributed by atoms with van der Waals surface area (Å²) in [5.41, 5.74) is 5.15. The van der Waals surface area contributed by atoms with Crippen molar-refractivity contribution >= 4 is 23.7 Å². The van der Waals surface area contributed by atoms with Gasteiger partial charge in [-0.2, -0.15) is 5.10 Å². The zero-order chi connectivity index (χ0) is 21.2. The molecule has 6 heteroatoms. The van der Waals surface area contributed by atoms with E-state index >= 15 is 0 Å². The highest BCUT2D eigenvalue weighted by molar-refractivity contribution is 6.31. The molecule has 1 amide bonds. The van der Waals surface area contributed by atoms with Gasteiger partial charge in [0.2, 0.25) is 5.91 Å². The summed E-state index contributed by atoms with van der Waals surface area (Å²) in [6, 6.07) is 22.5. The second-order valence-corrected chi connectivity index (χ2v) is 6.88. The highest BCUT2D eigenvalue weighted by Gasteiger charge is 2.08. The number of rotatable bonds is 9. The van der Waals surface area contributed by atoms with Gasteiger partial charge in [-0.3, -0.25) is 4.79 Å². The van der Waals surface area contributed by atoms with Gasteiger partial charge in [-0.1, -0.05) is 60.1 Å². The molecule has 3 aromatic carbocycles. The van der Waals surface area contributed by atoms with E-state index in [1.807, 2.05) is 79.7 Å². The van der Waals surface area contributed by atoms with Crippen LogP contribution in [0.3, 0.4) is 0 Å². The third-order valence-corrected chi connectivity index (χ3v) is 4.59. The van der Waals surface area contributed by atoms with Crippen molar-refractivity contribution in [1.82, 2.24) is 5.43 Å². The van der Waals surface area contributed by atoms with Gasteiger partial charge < -0.3 is 9.47 Å². The Hall–Kier alpha value is -3.31. The SMILES string of the molecule is CCOc1cc(/C=N/NC(=O)Cc2ccccc2)ccc1OCc1ccccc1Cl. The molecule has 0 radical (unpaired) electrons. The van der Waals surface area contributed by atoms with E-state index in [2.05, 4.69) is 10.5 Å². The van der Waals surface area contributed by atoms with Crippen molar-refractivity contribution < 1.29 is 14.3 Å². The molecule has 0 aromatic heterocycles. The zero-order valence-corrected chi connectivity index (χ0v) is 17.4. The highest BCUT2D eigenvalue weighted by Crippen LogP contribution is 2.29. The number of hydrazone groups is 1. The summed E-state index contributed by atoms with van der Waals surface area (Å²) in [7, 11) is 0. The lowest BCUT2D eigenvalue weighted by molar-refractivity contribution is -0.120. The van der Waals surface area contributed by atoms with Crippen LogP contribution in [0, 0.1) is 0 Å². The van der Waals surface area contributed by atoms with Gasteiger partial charge >= 0.3 is 0 Å². The molecule has 0 spiro atoms. The summed E-state index contributed by atoms with van der Waals surface area (Å²) in [5, 5.41) is 4.69. The minimum atomic E-state index is -0.179. The van der Waals surface area contributed by atoms with Crippen LogP contribution in [-0.2, 0) is 17.8 Å². The van der Waals surface area contributed by atoms with Crippen LogP contribution in [0.5, 0.6) is 11.5 Å². The topological polar surface area (TPSA) is 59.9 Å². The third-order valence-electron chi connectivity index (χ3n) is 4.22. The molecule has 5 nitrogen and oxygen atoms in total. The first kappa shape index (κ1) is 21.4. The molecule has 154 valence electrons. The summed E-state index contributed by atoms with van der Waals surface area (Å²) in [4.78, 5) is 12.0. The number of hydrogen-bond donors (Lipinski definition) is 1. The monoisotopic (exact) mass is 422 g/mol. The van der Waals surface area contributed by atoms with E-state index in [4.69, 9.17) is 21.1 Å². The maximum atomic E-state index is 12.0. The fourth-order valence-corrected chi connectivity index (χ4v) is 2.95. The molecule has 0 bridgehead atoms. The van der Waals surface area contributed by atoms with Crippen molar-refractivity contribution in [1.29, 1.82) is 0 Å². The summed E-state index contributed by atoms with van der Waals surface area (Å²) < 4.78 is 11.6. The number of hydrogen-bond acceptors (Lipinski definition) is 4. The standard InChI is InChI=1S/C24H23ClN2O3/c1-2-29-23-14-19(16-26-27-24(28)15-18-8-4-3-5-9-18)12-13-22(23)30-17-20-10-6-7-11-21(20)25/h3-14,16H,2,15,17H2,1H3,(H,27,28)/b26-16+. The van der Waals surface area contributed by atoms with Crippen LogP contribution >= 0.6 is 11.6 Å². The molecular weight excluding hydrogens is 400 g/mol. The molecule has 1 N–H and O–H groups in total. The average Bonchev–Trinajstić information content (AvgIpc) is 2.75. The van der Waals surface area contributed by atoms with Crippen molar-refractivity contribution in [2.45, 2.75) is 20.0 Å². The summed E-state index contributed by atoms with van der Waals surface area (Å²) in [6.07, 6.45) is 1.85. The molecule has 0 aliphatic heterocycles. The van der Waals surface area contributed by atoms with Gasteiger partial charge in [-0.15, -0.1) is 0 Å². The highest BCUT2D eigenvalue weighted by atomic mass is 35.5. The molecule has 30 heavy (non-hydrogen) atoms. The van der Waals surface area contributed by atoms with Crippen LogP contribution in [0.1, 0.15) is 23.6 Å². The number of benzene rings is 3. The lowest BCUT2D eigenvalue weighted by atomic mass is 10.1. The Bertz CT molecular complexity index is 1010. The van der Waals surface area contributed by atoms with E-state index < -0.39 is 0 Å². The minimum absolute atomic E-state index is 0.179. The number of carbonyl (C=O) groups is 1. The predicted molar refractivity (Wildman–Crippen MR) is 119 cm³/mol. The van der Waals surface area contributed by atoms with Gasteiger partial charge in [0.25, 0.3) is 0 Å². The van der Waals surface area contributed by atoms with E-state index in [-0.39, 0.29) is 12.3 Å². The molecule has 0 saturated heterocycles. The minimum Gasteiger partial charge on any atom is -0.490 e. The predicted octanol–water partition coefficient (Wildman–Crippen LogP) is 5.01. The number of carbonyl (C=O) groups excluding carboxylic acids is 1. The van der Waals surface area contributed by atoms with E-state index in [1.165, 1.54) is 0 Å². The Balaban J connectivity index is 1.61. The van der Waals surface area contributed by atoms with Crippen LogP contribution in [0.15, 0.2) is 77.9 Å². The van der Waals surface area contributed by atoms with E-state index in [0.29, 0.717) is 29.7 Å². The molecule has 0 saturated carbocycles. The van der Waals surface area contributed by atoms with Gasteiger partial charge in [0.05, 0.1) is 19.2 Å². The first-order chi connectivity index (χ1) is 14.7. The number of amides is 1. The Kier molecular flexibility index (Phi) is 7.86. The lowest BCUT2D eigenvalue weighted by Crippen LogP contribution is -2.19. The Morgan fingerprint density at radius 1 is 1.00 bits per heavy atom. The quantitative estimate of drug-likeness (QED) is 0.389. The fourth-order valence-electron chi connectivity index (χ4n) is 2.76. The lowest BCUT2D eigenvalue weighted by Gasteiger charge is -2.13. The van der Waals surface area contributed by atoms with Gasteiger partial charge in [0, 0.05) is 10.6 Å². The fraction of sp³-hybridized carbons (Fsp3) is 0.167. The van der Waals surface area contributed by atoms with Gasteiger partial charge in [0.1, 0.15) is 6.61 Å². The molecule has 0 heterocycles. The molecule has 3 aromatic rings.